The van der Waals surface area contributed by atoms with Gasteiger partial charge in [-0.3, -0.25) is 9.59 Å². The van der Waals surface area contributed by atoms with Crippen molar-refractivity contribution in [1.29, 1.82) is 0 Å². The molecule has 0 fully saturated rings. The Labute approximate surface area is 152 Å². The van der Waals surface area contributed by atoms with Crippen molar-refractivity contribution in [3.05, 3.63) is 33.7 Å². The molecular weight excluding hydrogens is 346 g/mol. The van der Waals surface area contributed by atoms with Crippen LogP contribution in [0, 0.1) is 4.91 Å². The first-order valence-electron chi connectivity index (χ1n) is 8.66. The van der Waals surface area contributed by atoms with E-state index < -0.39 is 6.04 Å². The van der Waals surface area contributed by atoms with Crippen LogP contribution in [0.4, 0.5) is 0 Å². The van der Waals surface area contributed by atoms with Crippen LogP contribution < -0.4 is 4.84 Å². The fourth-order valence-electron chi connectivity index (χ4n) is 2.82. The molecular formula is C18H23ClNO5+. The van der Waals surface area contributed by atoms with E-state index in [1.165, 1.54) is 12.1 Å². The molecule has 7 heteroatoms. The van der Waals surface area contributed by atoms with E-state index in [1.54, 1.807) is 13.0 Å². The van der Waals surface area contributed by atoms with E-state index in [0.717, 1.165) is 32.1 Å². The first-order chi connectivity index (χ1) is 12.0. The summed E-state index contributed by atoms with van der Waals surface area (Å²) >= 11 is 5.91. The Hall–Kier alpha value is -1.95. The van der Waals surface area contributed by atoms with Crippen molar-refractivity contribution in [2.45, 2.75) is 57.9 Å². The van der Waals surface area contributed by atoms with Gasteiger partial charge in [-0.2, -0.15) is 4.84 Å². The number of unbranched alkanes of at least 4 members (excludes halogenated alkanes) is 4. The molecule has 0 spiro atoms. The van der Waals surface area contributed by atoms with Crippen molar-refractivity contribution >= 4 is 23.4 Å². The maximum absolute atomic E-state index is 12.5. The summed E-state index contributed by atoms with van der Waals surface area (Å²) in [6, 6.07) is 3.82. The lowest BCUT2D eigenvalue weighted by Gasteiger charge is -2.14. The predicted molar refractivity (Wildman–Crippen MR) is 92.8 cm³/mol. The number of ether oxygens (including phenoxy) is 1. The Kier molecular flexibility index (Phi) is 7.37. The van der Waals surface area contributed by atoms with Gasteiger partial charge in [0.15, 0.2) is 0 Å². The minimum absolute atomic E-state index is 0.160. The molecule has 1 aromatic carbocycles. The van der Waals surface area contributed by atoms with Crippen molar-refractivity contribution in [3.8, 4) is 5.75 Å². The van der Waals surface area contributed by atoms with Gasteiger partial charge in [0.2, 0.25) is 16.5 Å². The van der Waals surface area contributed by atoms with Gasteiger partial charge < -0.3 is 4.74 Å². The summed E-state index contributed by atoms with van der Waals surface area (Å²) in [5.74, 6) is -0.160. The molecule has 0 N–H and O–H groups in total. The molecule has 0 saturated carbocycles. The lowest BCUT2D eigenvalue weighted by atomic mass is 9.97. The minimum Gasteiger partial charge on any atom is -0.466 e. The monoisotopic (exact) mass is 368 g/mol. The maximum atomic E-state index is 12.5. The minimum atomic E-state index is -0.828. The number of benzene rings is 1. The highest BCUT2D eigenvalue weighted by Crippen LogP contribution is 2.30. The quantitative estimate of drug-likeness (QED) is 0.480. The Morgan fingerprint density at radius 2 is 1.96 bits per heavy atom. The predicted octanol–water partition coefficient (Wildman–Crippen LogP) is 4.27. The van der Waals surface area contributed by atoms with Crippen LogP contribution in [0.5, 0.6) is 5.75 Å². The Bertz CT molecular complexity index is 646. The highest BCUT2D eigenvalue weighted by molar-refractivity contribution is 6.31. The van der Waals surface area contributed by atoms with E-state index in [-0.39, 0.29) is 17.5 Å². The standard InChI is InChI=1S/C18H23ClNO5/c1-2-24-17(21)9-7-5-3-4-6-8-15-18(22)14-12-13(19)10-11-16(14)25-20(15)23/h10-12,15H,2-9H2,1H3/q+1. The van der Waals surface area contributed by atoms with Crippen LogP contribution in [0.3, 0.4) is 0 Å². The molecule has 1 heterocycles. The average molecular weight is 369 g/mol. The van der Waals surface area contributed by atoms with Crippen LogP contribution in [0.25, 0.3) is 0 Å². The van der Waals surface area contributed by atoms with Gasteiger partial charge in [0.05, 0.1) is 17.1 Å². The molecule has 136 valence electrons. The summed E-state index contributed by atoms with van der Waals surface area (Å²) in [4.78, 5) is 41.2. The van der Waals surface area contributed by atoms with Crippen LogP contribution in [-0.2, 0) is 9.53 Å². The number of hydrogen-bond acceptors (Lipinski definition) is 5. The van der Waals surface area contributed by atoms with Gasteiger partial charge in [0, 0.05) is 17.9 Å². The summed E-state index contributed by atoms with van der Waals surface area (Å²) in [7, 11) is 0. The number of carbonyl (C=O) groups is 2. The van der Waals surface area contributed by atoms with E-state index in [1.807, 2.05) is 0 Å². The summed E-state index contributed by atoms with van der Waals surface area (Å²) in [5.41, 5.74) is 0.360. The van der Waals surface area contributed by atoms with Crippen molar-refractivity contribution in [2.24, 2.45) is 0 Å². The van der Waals surface area contributed by atoms with Crippen molar-refractivity contribution < 1.29 is 24.1 Å². The third kappa shape index (κ3) is 5.53. The molecule has 0 saturated heterocycles. The first-order valence-corrected chi connectivity index (χ1v) is 9.04. The SMILES string of the molecule is CCOC(=O)CCCCCCCC1C(=O)c2cc(Cl)ccc2O[N+]1=O. The fourth-order valence-corrected chi connectivity index (χ4v) is 2.99. The van der Waals surface area contributed by atoms with Gasteiger partial charge in [-0.1, -0.05) is 30.9 Å². The molecule has 2 rings (SSSR count). The molecule has 6 nitrogen and oxygen atoms in total. The topological polar surface area (TPSA) is 72.7 Å². The fraction of sp³-hybridized carbons (Fsp3) is 0.556. The molecule has 25 heavy (non-hydrogen) atoms. The number of ketones is 1. The lowest BCUT2D eigenvalue weighted by Crippen LogP contribution is -2.39. The Morgan fingerprint density at radius 1 is 1.24 bits per heavy atom. The molecule has 0 radical (unpaired) electrons. The summed E-state index contributed by atoms with van der Waals surface area (Å²) in [6.07, 6.45) is 5.18. The largest absolute Gasteiger partial charge is 0.466 e. The van der Waals surface area contributed by atoms with Gasteiger partial charge in [-0.25, -0.2) is 0 Å². The molecule has 1 aromatic rings. The molecule has 1 aliphatic rings. The smallest absolute Gasteiger partial charge is 0.319 e. The third-order valence-corrected chi connectivity index (χ3v) is 4.35. The molecule has 1 atom stereocenters. The van der Waals surface area contributed by atoms with E-state index in [9.17, 15) is 14.5 Å². The zero-order chi connectivity index (χ0) is 18.2. The van der Waals surface area contributed by atoms with Gasteiger partial charge in [-0.05, 0) is 38.0 Å². The highest BCUT2D eigenvalue weighted by atomic mass is 35.5. The number of halogens is 1. The summed E-state index contributed by atoms with van der Waals surface area (Å²) in [6.45, 7) is 2.20. The Morgan fingerprint density at radius 3 is 2.72 bits per heavy atom. The number of esters is 1. The van der Waals surface area contributed by atoms with Crippen LogP contribution in [0.1, 0.15) is 62.2 Å². The Balaban J connectivity index is 1.71. The van der Waals surface area contributed by atoms with E-state index in [2.05, 4.69) is 0 Å². The molecule has 0 amide bonds. The molecule has 0 aromatic heterocycles. The number of fused-ring (bicyclic) bond motifs is 1. The van der Waals surface area contributed by atoms with Crippen molar-refractivity contribution in [3.63, 3.8) is 0 Å². The normalized spacial score (nSPS) is 16.3. The van der Waals surface area contributed by atoms with E-state index >= 15 is 0 Å². The molecule has 0 bridgehead atoms. The van der Waals surface area contributed by atoms with Gasteiger partial charge >= 0.3 is 12.0 Å². The maximum Gasteiger partial charge on any atom is 0.319 e. The molecule has 1 aliphatic heterocycles. The second kappa shape index (κ2) is 9.51. The number of hydrogen-bond donors (Lipinski definition) is 0. The first kappa shape index (κ1) is 19.4. The highest BCUT2D eigenvalue weighted by Gasteiger charge is 2.43. The van der Waals surface area contributed by atoms with Gasteiger partial charge in [0.25, 0.3) is 0 Å². The number of rotatable bonds is 9. The van der Waals surface area contributed by atoms with Crippen LogP contribution in [0.2, 0.25) is 5.02 Å². The third-order valence-electron chi connectivity index (χ3n) is 4.12. The van der Waals surface area contributed by atoms with Crippen molar-refractivity contribution in [2.75, 3.05) is 6.61 Å². The number of Topliss-reactive ketones (excluding diaryl/α,β-unsaturated/α-hetero) is 1. The van der Waals surface area contributed by atoms with Gasteiger partial charge in [-0.15, -0.1) is 0 Å². The zero-order valence-corrected chi connectivity index (χ0v) is 15.1. The second-order valence-electron chi connectivity index (χ2n) is 6.01. The zero-order valence-electron chi connectivity index (χ0n) is 14.3. The molecule has 0 aliphatic carbocycles. The molecule has 1 unspecified atom stereocenters. The number of carbonyl (C=O) groups excluding carboxylic acids is 2. The summed E-state index contributed by atoms with van der Waals surface area (Å²) < 4.78 is 4.87. The van der Waals surface area contributed by atoms with Crippen LogP contribution >= 0.6 is 11.6 Å². The average Bonchev–Trinajstić information content (AvgIpc) is 2.57. The number of nitrogens with zero attached hydrogens (tertiary/aromatic N) is 1. The van der Waals surface area contributed by atoms with Crippen LogP contribution in [0.15, 0.2) is 18.2 Å². The second-order valence-corrected chi connectivity index (χ2v) is 6.45. The summed E-state index contributed by atoms with van der Waals surface area (Å²) in [5, 5.41) is 0.440. The van der Waals surface area contributed by atoms with Crippen LogP contribution in [-0.4, -0.2) is 29.3 Å². The van der Waals surface area contributed by atoms with E-state index in [0.29, 0.717) is 35.0 Å². The van der Waals surface area contributed by atoms with Crippen molar-refractivity contribution in [1.82, 2.24) is 0 Å². The lowest BCUT2D eigenvalue weighted by molar-refractivity contribution is -0.778. The van der Waals surface area contributed by atoms with E-state index in [4.69, 9.17) is 21.2 Å². The van der Waals surface area contributed by atoms with Gasteiger partial charge in [0.1, 0.15) is 0 Å².